The van der Waals surface area contributed by atoms with Crippen LogP contribution in [0.5, 0.6) is 0 Å². The number of halogens is 2. The average Bonchev–Trinajstić information content (AvgIpc) is 2.56. The van der Waals surface area contributed by atoms with Crippen LogP contribution in [0.1, 0.15) is 6.92 Å². The second-order valence-electron chi connectivity index (χ2n) is 4.68. The average molecular weight is 385 g/mol. The Morgan fingerprint density at radius 1 is 1.25 bits per heavy atom. The van der Waals surface area contributed by atoms with Crippen LogP contribution >= 0.6 is 35.0 Å². The second kappa shape index (κ2) is 8.92. The van der Waals surface area contributed by atoms with Crippen molar-refractivity contribution in [1.82, 2.24) is 4.98 Å². The Labute approximate surface area is 153 Å². The van der Waals surface area contributed by atoms with Gasteiger partial charge in [0.2, 0.25) is 0 Å². The van der Waals surface area contributed by atoms with Gasteiger partial charge in [0.05, 0.1) is 16.5 Å². The number of carbonyl (C=O) groups is 2. The van der Waals surface area contributed by atoms with Crippen molar-refractivity contribution in [2.24, 2.45) is 0 Å². The molecule has 1 aromatic heterocycles. The zero-order chi connectivity index (χ0) is 17.5. The van der Waals surface area contributed by atoms with Gasteiger partial charge in [0.25, 0.3) is 5.91 Å². The van der Waals surface area contributed by atoms with Gasteiger partial charge in [-0.1, -0.05) is 35.3 Å². The summed E-state index contributed by atoms with van der Waals surface area (Å²) in [5.74, 6) is -0.949. The van der Waals surface area contributed by atoms with E-state index in [-0.39, 0.29) is 10.9 Å². The van der Waals surface area contributed by atoms with E-state index in [9.17, 15) is 9.59 Å². The lowest BCUT2D eigenvalue weighted by Gasteiger charge is -2.14. The number of hydrogen-bond donors (Lipinski definition) is 1. The lowest BCUT2D eigenvalue weighted by Crippen LogP contribution is -2.30. The Balaban J connectivity index is 1.84. The van der Waals surface area contributed by atoms with E-state index in [4.69, 9.17) is 27.9 Å². The van der Waals surface area contributed by atoms with Crippen LogP contribution in [0.25, 0.3) is 0 Å². The Kier molecular flexibility index (Phi) is 6.90. The van der Waals surface area contributed by atoms with Crippen LogP contribution < -0.4 is 5.32 Å². The van der Waals surface area contributed by atoms with Gasteiger partial charge >= 0.3 is 5.97 Å². The van der Waals surface area contributed by atoms with Crippen molar-refractivity contribution >= 4 is 52.5 Å². The molecule has 24 heavy (non-hydrogen) atoms. The fourth-order valence-corrected chi connectivity index (χ4v) is 2.88. The molecule has 5 nitrogen and oxygen atoms in total. The molecule has 1 aromatic carbocycles. The molecule has 0 saturated carbocycles. The molecule has 2 rings (SSSR count). The first-order chi connectivity index (χ1) is 11.5. The molecule has 8 heteroatoms. The van der Waals surface area contributed by atoms with E-state index in [1.54, 1.807) is 30.3 Å². The van der Waals surface area contributed by atoms with Gasteiger partial charge in [-0.25, -0.2) is 4.98 Å². The van der Waals surface area contributed by atoms with Crippen molar-refractivity contribution in [2.75, 3.05) is 11.1 Å². The molecule has 0 radical (unpaired) electrons. The molecule has 0 saturated heterocycles. The quantitative estimate of drug-likeness (QED) is 0.462. The van der Waals surface area contributed by atoms with Gasteiger partial charge in [0.1, 0.15) is 0 Å². The number of pyridine rings is 1. The summed E-state index contributed by atoms with van der Waals surface area (Å²) in [5, 5.41) is 3.29. The number of carbonyl (C=O) groups excluding carboxylic acids is 2. The lowest BCUT2D eigenvalue weighted by atomic mass is 10.3. The van der Waals surface area contributed by atoms with Crippen LogP contribution in [-0.2, 0) is 14.3 Å². The van der Waals surface area contributed by atoms with Gasteiger partial charge in [-0.05, 0) is 31.2 Å². The SMILES string of the molecule is CC(OC(=O)CSc1ccccc1Cl)C(=O)Nc1cccnc1Cl. The van der Waals surface area contributed by atoms with Crippen LogP contribution in [0.3, 0.4) is 0 Å². The third-order valence-corrected chi connectivity index (χ3v) is 4.67. The maximum absolute atomic E-state index is 12.0. The Morgan fingerprint density at radius 3 is 2.71 bits per heavy atom. The van der Waals surface area contributed by atoms with E-state index < -0.39 is 18.0 Å². The number of rotatable bonds is 6. The molecule has 126 valence electrons. The van der Waals surface area contributed by atoms with Gasteiger partial charge in [-0.3, -0.25) is 9.59 Å². The van der Waals surface area contributed by atoms with E-state index in [1.807, 2.05) is 6.07 Å². The van der Waals surface area contributed by atoms with Crippen LogP contribution in [0.4, 0.5) is 5.69 Å². The topological polar surface area (TPSA) is 68.3 Å². The second-order valence-corrected chi connectivity index (χ2v) is 6.46. The third kappa shape index (κ3) is 5.40. The number of nitrogens with one attached hydrogen (secondary N) is 1. The molecule has 0 bridgehead atoms. The number of aromatic nitrogens is 1. The van der Waals surface area contributed by atoms with E-state index in [1.165, 1.54) is 24.9 Å². The summed E-state index contributed by atoms with van der Waals surface area (Å²) in [4.78, 5) is 28.5. The van der Waals surface area contributed by atoms with Crippen molar-refractivity contribution in [3.8, 4) is 0 Å². The first-order valence-electron chi connectivity index (χ1n) is 6.95. The summed E-state index contributed by atoms with van der Waals surface area (Å²) in [6, 6.07) is 10.4. The molecule has 0 aliphatic heterocycles. The number of ether oxygens (including phenoxy) is 1. The zero-order valence-electron chi connectivity index (χ0n) is 12.7. The molecule has 1 atom stereocenters. The first kappa shape index (κ1) is 18.6. The van der Waals surface area contributed by atoms with Gasteiger partial charge < -0.3 is 10.1 Å². The van der Waals surface area contributed by atoms with Crippen molar-refractivity contribution in [1.29, 1.82) is 0 Å². The van der Waals surface area contributed by atoms with Crippen LogP contribution in [-0.4, -0.2) is 28.7 Å². The molecule has 1 amide bonds. The molecule has 0 aliphatic carbocycles. The number of amides is 1. The Bertz CT molecular complexity index is 743. The molecular formula is C16H14Cl2N2O3S. The smallest absolute Gasteiger partial charge is 0.317 e. The van der Waals surface area contributed by atoms with E-state index in [0.717, 1.165) is 4.90 Å². The predicted molar refractivity (Wildman–Crippen MR) is 95.6 cm³/mol. The van der Waals surface area contributed by atoms with Crippen molar-refractivity contribution in [2.45, 2.75) is 17.9 Å². The van der Waals surface area contributed by atoms with Crippen molar-refractivity contribution < 1.29 is 14.3 Å². The molecule has 0 spiro atoms. The van der Waals surface area contributed by atoms with E-state index in [2.05, 4.69) is 10.3 Å². The molecular weight excluding hydrogens is 371 g/mol. The number of benzene rings is 1. The zero-order valence-corrected chi connectivity index (χ0v) is 15.0. The highest BCUT2D eigenvalue weighted by atomic mass is 35.5. The summed E-state index contributed by atoms with van der Waals surface area (Å²) in [6.07, 6.45) is 0.550. The maximum Gasteiger partial charge on any atom is 0.317 e. The summed E-state index contributed by atoms with van der Waals surface area (Å²) in [6.45, 7) is 1.48. The molecule has 1 unspecified atom stereocenters. The van der Waals surface area contributed by atoms with Gasteiger partial charge in [-0.15, -0.1) is 11.8 Å². The van der Waals surface area contributed by atoms with Gasteiger partial charge in [-0.2, -0.15) is 0 Å². The Morgan fingerprint density at radius 2 is 2.00 bits per heavy atom. The summed E-state index contributed by atoms with van der Waals surface area (Å²) < 4.78 is 5.11. The molecule has 0 fully saturated rings. The van der Waals surface area contributed by atoms with Crippen LogP contribution in [0.15, 0.2) is 47.5 Å². The summed E-state index contributed by atoms with van der Waals surface area (Å²) in [7, 11) is 0. The monoisotopic (exact) mass is 384 g/mol. The number of esters is 1. The normalized spacial score (nSPS) is 11.6. The van der Waals surface area contributed by atoms with Crippen LogP contribution in [0.2, 0.25) is 10.2 Å². The standard InChI is InChI=1S/C16H14Cl2N2O3S/c1-10(16(22)20-12-6-4-8-19-15(12)18)23-14(21)9-24-13-7-3-2-5-11(13)17/h2-8,10H,9H2,1H3,(H,20,22). The third-order valence-electron chi connectivity index (χ3n) is 2.88. The summed E-state index contributed by atoms with van der Waals surface area (Å²) >= 11 is 13.1. The van der Waals surface area contributed by atoms with Crippen molar-refractivity contribution in [3.63, 3.8) is 0 Å². The number of thioether (sulfide) groups is 1. The number of hydrogen-bond acceptors (Lipinski definition) is 5. The predicted octanol–water partition coefficient (Wildman–Crippen LogP) is 4.05. The lowest BCUT2D eigenvalue weighted by molar-refractivity contribution is -0.150. The van der Waals surface area contributed by atoms with Crippen LogP contribution in [0, 0.1) is 0 Å². The minimum absolute atomic E-state index is 0.0506. The van der Waals surface area contributed by atoms with Gasteiger partial charge in [0.15, 0.2) is 11.3 Å². The van der Waals surface area contributed by atoms with E-state index in [0.29, 0.717) is 10.7 Å². The molecule has 0 aliphatic rings. The number of anilines is 1. The summed E-state index contributed by atoms with van der Waals surface area (Å²) in [5.41, 5.74) is 0.359. The first-order valence-corrected chi connectivity index (χ1v) is 8.69. The highest BCUT2D eigenvalue weighted by Gasteiger charge is 2.19. The minimum Gasteiger partial charge on any atom is -0.452 e. The molecule has 1 heterocycles. The highest BCUT2D eigenvalue weighted by molar-refractivity contribution is 8.00. The fraction of sp³-hybridized carbons (Fsp3) is 0.188. The van der Waals surface area contributed by atoms with Crippen molar-refractivity contribution in [3.05, 3.63) is 52.8 Å². The molecule has 2 aromatic rings. The highest BCUT2D eigenvalue weighted by Crippen LogP contribution is 2.26. The minimum atomic E-state index is -0.958. The Hall–Kier alpha value is -1.76. The number of nitrogens with zero attached hydrogens (tertiary/aromatic N) is 1. The fourth-order valence-electron chi connectivity index (χ4n) is 1.70. The van der Waals surface area contributed by atoms with E-state index >= 15 is 0 Å². The largest absolute Gasteiger partial charge is 0.452 e. The maximum atomic E-state index is 12.0. The van der Waals surface area contributed by atoms with Gasteiger partial charge in [0, 0.05) is 11.1 Å². The molecule has 1 N–H and O–H groups in total.